The number of nitriles is 1. The van der Waals surface area contributed by atoms with E-state index in [4.69, 9.17) is 9.47 Å². The minimum absolute atomic E-state index is 0.00455. The molecule has 0 saturated carbocycles. The third-order valence-electron chi connectivity index (χ3n) is 4.10. The quantitative estimate of drug-likeness (QED) is 0.234. The smallest absolute Gasteiger partial charge is 0.270 e. The van der Waals surface area contributed by atoms with Gasteiger partial charge in [-0.15, -0.1) is 0 Å². The summed E-state index contributed by atoms with van der Waals surface area (Å²) in [6.07, 6.45) is 3.67. The molecule has 10 heteroatoms. The van der Waals surface area contributed by atoms with Gasteiger partial charge < -0.3 is 9.47 Å². The maximum atomic E-state index is 11.7. The van der Waals surface area contributed by atoms with Crippen molar-refractivity contribution in [3.63, 3.8) is 0 Å². The average Bonchev–Trinajstić information content (AvgIpc) is 2.63. The molecule has 0 aliphatic heterocycles. The predicted molar refractivity (Wildman–Crippen MR) is 96.0 cm³/mol. The highest BCUT2D eigenvalue weighted by atomic mass is 32.2. The van der Waals surface area contributed by atoms with Crippen LogP contribution in [0.15, 0.2) is 23.9 Å². The summed E-state index contributed by atoms with van der Waals surface area (Å²) in [5, 5.41) is 20.4. The SMILES string of the molecule is COCOCc1c(C2C=CC([N+](=O)[O-])=CC2=S(=O)=O)nc(C)c(C#N)c1C. The van der Waals surface area contributed by atoms with Crippen LogP contribution in [0.1, 0.15) is 34.0 Å². The van der Waals surface area contributed by atoms with Gasteiger partial charge in [0.1, 0.15) is 12.9 Å². The van der Waals surface area contributed by atoms with E-state index in [9.17, 15) is 23.8 Å². The topological polar surface area (TPSA) is 132 Å². The van der Waals surface area contributed by atoms with Gasteiger partial charge in [0.2, 0.25) is 10.3 Å². The minimum Gasteiger partial charge on any atom is -0.359 e. The maximum absolute atomic E-state index is 11.7. The van der Waals surface area contributed by atoms with Crippen molar-refractivity contribution in [1.82, 2.24) is 4.98 Å². The van der Waals surface area contributed by atoms with Crippen LogP contribution in [0.4, 0.5) is 0 Å². The molecule has 0 N–H and O–H groups in total. The molecule has 1 aliphatic rings. The van der Waals surface area contributed by atoms with Gasteiger partial charge in [0.25, 0.3) is 5.70 Å². The van der Waals surface area contributed by atoms with Crippen molar-refractivity contribution in [3.8, 4) is 6.07 Å². The first-order chi connectivity index (χ1) is 12.8. The normalized spacial score (nSPS) is 16.0. The molecule has 1 aromatic rings. The van der Waals surface area contributed by atoms with Gasteiger partial charge in [0, 0.05) is 24.8 Å². The lowest BCUT2D eigenvalue weighted by atomic mass is 9.89. The lowest BCUT2D eigenvalue weighted by molar-refractivity contribution is -0.418. The number of nitrogens with zero attached hydrogens (tertiary/aromatic N) is 3. The highest BCUT2D eigenvalue weighted by Gasteiger charge is 2.29. The minimum atomic E-state index is -2.69. The Hall–Kier alpha value is -2.87. The van der Waals surface area contributed by atoms with Crippen LogP contribution in [0.5, 0.6) is 0 Å². The van der Waals surface area contributed by atoms with Crippen LogP contribution in [0.3, 0.4) is 0 Å². The fourth-order valence-electron chi connectivity index (χ4n) is 2.81. The molecule has 1 heterocycles. The van der Waals surface area contributed by atoms with E-state index in [1.807, 2.05) is 0 Å². The number of hydrogen-bond acceptors (Lipinski definition) is 8. The molecule has 1 aliphatic carbocycles. The van der Waals surface area contributed by atoms with Crippen molar-refractivity contribution in [2.75, 3.05) is 13.9 Å². The fourth-order valence-corrected chi connectivity index (χ4v) is 3.43. The number of nitro groups is 1. The van der Waals surface area contributed by atoms with E-state index in [2.05, 4.69) is 11.1 Å². The van der Waals surface area contributed by atoms with E-state index in [0.29, 0.717) is 28.1 Å². The summed E-state index contributed by atoms with van der Waals surface area (Å²) in [7, 11) is -1.23. The summed E-state index contributed by atoms with van der Waals surface area (Å²) in [5.41, 5.74) is 2.02. The van der Waals surface area contributed by atoms with Gasteiger partial charge in [-0.25, -0.2) is 0 Å². The molecule has 1 atom stereocenters. The van der Waals surface area contributed by atoms with Crippen molar-refractivity contribution >= 4 is 15.2 Å². The number of methoxy groups -OCH3 is 1. The molecule has 2 rings (SSSR count). The molecule has 0 fully saturated rings. The first-order valence-corrected chi connectivity index (χ1v) is 8.86. The van der Waals surface area contributed by atoms with E-state index in [1.54, 1.807) is 13.8 Å². The number of pyridine rings is 1. The molecule has 1 aromatic heterocycles. The lowest BCUT2D eigenvalue weighted by Gasteiger charge is -2.21. The molecule has 27 heavy (non-hydrogen) atoms. The van der Waals surface area contributed by atoms with Gasteiger partial charge in [0.15, 0.2) is 0 Å². The second-order valence-corrected chi connectivity index (χ2v) is 6.67. The van der Waals surface area contributed by atoms with E-state index in [0.717, 1.165) is 6.08 Å². The number of hydrogen-bond donors (Lipinski definition) is 0. The first kappa shape index (κ1) is 20.4. The molecule has 142 valence electrons. The van der Waals surface area contributed by atoms with Crippen LogP contribution >= 0.6 is 0 Å². The van der Waals surface area contributed by atoms with Gasteiger partial charge in [-0.3, -0.25) is 15.1 Å². The molecule has 0 aromatic carbocycles. The Morgan fingerprint density at radius 1 is 1.41 bits per heavy atom. The lowest BCUT2D eigenvalue weighted by Crippen LogP contribution is -2.20. The van der Waals surface area contributed by atoms with Crippen molar-refractivity contribution in [1.29, 1.82) is 5.26 Å². The average molecular weight is 391 g/mol. The molecule has 0 amide bonds. The number of aryl methyl sites for hydroxylation is 1. The first-order valence-electron chi connectivity index (χ1n) is 7.78. The Morgan fingerprint density at radius 3 is 2.67 bits per heavy atom. The van der Waals surface area contributed by atoms with Gasteiger partial charge in [0.05, 0.1) is 39.3 Å². The molecule has 0 radical (unpaired) electrons. The van der Waals surface area contributed by atoms with Gasteiger partial charge in [-0.05, 0) is 19.4 Å². The van der Waals surface area contributed by atoms with Crippen molar-refractivity contribution in [2.24, 2.45) is 0 Å². The van der Waals surface area contributed by atoms with Crippen molar-refractivity contribution in [3.05, 3.63) is 62.1 Å². The van der Waals surface area contributed by atoms with E-state index in [1.165, 1.54) is 19.3 Å². The third-order valence-corrected chi connectivity index (χ3v) is 4.86. The summed E-state index contributed by atoms with van der Waals surface area (Å²) in [6.45, 7) is 3.42. The number of ether oxygens (including phenoxy) is 2. The zero-order valence-corrected chi connectivity index (χ0v) is 15.7. The maximum Gasteiger partial charge on any atom is 0.270 e. The van der Waals surface area contributed by atoms with Crippen LogP contribution < -0.4 is 0 Å². The standard InChI is InChI=1S/C17H17N3O6S/c1-10-14(7-18)11(2)19-17(15(10)8-26-9-25-3)13-5-4-12(20(21)22)6-16(13)27(23)24/h4-6,13H,8-9H2,1-3H3. The molecular weight excluding hydrogens is 374 g/mol. The Bertz CT molecular complexity index is 1010. The summed E-state index contributed by atoms with van der Waals surface area (Å²) in [4.78, 5) is 14.6. The van der Waals surface area contributed by atoms with E-state index < -0.39 is 21.1 Å². The zero-order chi connectivity index (χ0) is 20.1. The summed E-state index contributed by atoms with van der Waals surface area (Å²) in [6, 6.07) is 2.08. The monoisotopic (exact) mass is 391 g/mol. The second kappa shape index (κ2) is 8.68. The number of allylic oxidation sites excluding steroid dienone is 3. The second-order valence-electron chi connectivity index (χ2n) is 5.73. The molecule has 0 bridgehead atoms. The zero-order valence-electron chi connectivity index (χ0n) is 14.9. The van der Waals surface area contributed by atoms with E-state index >= 15 is 0 Å². The molecule has 9 nitrogen and oxygen atoms in total. The Kier molecular flexibility index (Phi) is 6.57. The molecule has 0 saturated heterocycles. The Balaban J connectivity index is 2.67. The third kappa shape index (κ3) is 4.28. The van der Waals surface area contributed by atoms with E-state index in [-0.39, 0.29) is 24.0 Å². The molecule has 0 spiro atoms. The van der Waals surface area contributed by atoms with Crippen LogP contribution in [-0.2, 0) is 26.4 Å². The van der Waals surface area contributed by atoms with Crippen LogP contribution in [0.2, 0.25) is 0 Å². The Morgan fingerprint density at radius 2 is 2.11 bits per heavy atom. The molecule has 1 unspecified atom stereocenters. The molecular formula is C17H17N3O6S. The van der Waals surface area contributed by atoms with Gasteiger partial charge in [-0.2, -0.15) is 13.7 Å². The number of aromatic nitrogens is 1. The number of rotatable bonds is 6. The fraction of sp³-hybridized carbons (Fsp3) is 0.353. The summed E-state index contributed by atoms with van der Waals surface area (Å²) >= 11 is 0. The van der Waals surface area contributed by atoms with Gasteiger partial charge >= 0.3 is 0 Å². The summed E-state index contributed by atoms with van der Waals surface area (Å²) < 4.78 is 33.7. The Labute approximate surface area is 157 Å². The van der Waals surface area contributed by atoms with Gasteiger partial charge in [-0.1, -0.05) is 6.08 Å². The van der Waals surface area contributed by atoms with Crippen LogP contribution in [-0.4, -0.2) is 37.1 Å². The van der Waals surface area contributed by atoms with Crippen LogP contribution in [0, 0.1) is 35.3 Å². The highest BCUT2D eigenvalue weighted by molar-refractivity contribution is 7.73. The van der Waals surface area contributed by atoms with Crippen molar-refractivity contribution < 1.29 is 22.8 Å². The predicted octanol–water partition coefficient (Wildman–Crippen LogP) is 1.56. The highest BCUT2D eigenvalue weighted by Crippen LogP contribution is 2.30. The van der Waals surface area contributed by atoms with Crippen LogP contribution in [0.25, 0.3) is 0 Å². The van der Waals surface area contributed by atoms with Crippen molar-refractivity contribution in [2.45, 2.75) is 26.4 Å². The summed E-state index contributed by atoms with van der Waals surface area (Å²) in [5.74, 6) is -0.821. The largest absolute Gasteiger partial charge is 0.359 e.